The quantitative estimate of drug-likeness (QED) is 0.328. The lowest BCUT2D eigenvalue weighted by atomic mass is 10.0. The normalized spacial score (nSPS) is 13.1. The Bertz CT molecular complexity index is 1030. The lowest BCUT2D eigenvalue weighted by Gasteiger charge is -2.23. The van der Waals surface area contributed by atoms with Gasteiger partial charge in [0.2, 0.25) is 11.8 Å². The number of guanidine groups is 1. The molecule has 1 aromatic carbocycles. The first-order chi connectivity index (χ1) is 14.3. The van der Waals surface area contributed by atoms with Gasteiger partial charge < -0.3 is 26.4 Å². The van der Waals surface area contributed by atoms with Crippen LogP contribution in [0.5, 0.6) is 0 Å². The summed E-state index contributed by atoms with van der Waals surface area (Å²) in [5.74, 6) is -1.87. The molecule has 0 atom stereocenters. The molecule has 0 unspecified atom stereocenters. The monoisotopic (exact) mass is 428 g/mol. The van der Waals surface area contributed by atoms with Gasteiger partial charge >= 0.3 is 5.97 Å². The van der Waals surface area contributed by atoms with Crippen molar-refractivity contribution in [2.75, 3.05) is 16.8 Å². The summed E-state index contributed by atoms with van der Waals surface area (Å²) in [6.07, 6.45) is 2.98. The SMILES string of the molecule is N=C(N)Nc1ncc(CNC(=O)CN2C(=O)CC=C(CC(=O)O)c3ccccc32)s1. The maximum atomic E-state index is 12.6. The number of nitrogens with one attached hydrogen (secondary N) is 3. The van der Waals surface area contributed by atoms with Crippen molar-refractivity contribution < 1.29 is 19.5 Å². The number of para-hydroxylation sites is 1. The number of nitrogens with zero attached hydrogens (tertiary/aromatic N) is 2. The Morgan fingerprint density at radius 1 is 1.33 bits per heavy atom. The number of amides is 2. The maximum Gasteiger partial charge on any atom is 0.307 e. The van der Waals surface area contributed by atoms with Crippen LogP contribution in [0.1, 0.15) is 23.3 Å². The van der Waals surface area contributed by atoms with Gasteiger partial charge in [0.1, 0.15) is 6.54 Å². The second-order valence-electron chi connectivity index (χ2n) is 6.45. The number of nitrogens with two attached hydrogens (primary N) is 1. The Balaban J connectivity index is 1.69. The molecule has 0 bridgehead atoms. The number of carboxylic acids is 1. The summed E-state index contributed by atoms with van der Waals surface area (Å²) in [5.41, 5.74) is 6.94. The Morgan fingerprint density at radius 3 is 2.83 bits per heavy atom. The van der Waals surface area contributed by atoms with Gasteiger partial charge in [0.05, 0.1) is 18.7 Å². The van der Waals surface area contributed by atoms with Crippen molar-refractivity contribution in [3.8, 4) is 0 Å². The van der Waals surface area contributed by atoms with Crippen LogP contribution in [0, 0.1) is 5.41 Å². The summed E-state index contributed by atoms with van der Waals surface area (Å²) in [4.78, 5) is 42.5. The van der Waals surface area contributed by atoms with Crippen LogP contribution < -0.4 is 21.3 Å². The second kappa shape index (κ2) is 9.18. The molecule has 2 amide bonds. The highest BCUT2D eigenvalue weighted by molar-refractivity contribution is 7.15. The minimum absolute atomic E-state index is 0.0134. The number of carbonyl (C=O) groups is 3. The van der Waals surface area contributed by atoms with Crippen molar-refractivity contribution in [2.24, 2.45) is 5.73 Å². The van der Waals surface area contributed by atoms with E-state index in [-0.39, 0.29) is 43.7 Å². The summed E-state index contributed by atoms with van der Waals surface area (Å²) in [6.45, 7) is 0.0175. The molecule has 1 aliphatic heterocycles. The zero-order valence-corrected chi connectivity index (χ0v) is 16.7. The third-order valence-corrected chi connectivity index (χ3v) is 5.18. The van der Waals surface area contributed by atoms with E-state index in [0.717, 1.165) is 4.88 Å². The molecule has 2 aromatic rings. The van der Waals surface area contributed by atoms with Gasteiger partial charge in [-0.2, -0.15) is 0 Å². The number of fused-ring (bicyclic) bond motifs is 1. The number of carbonyl (C=O) groups excluding carboxylic acids is 2. The first-order valence-electron chi connectivity index (χ1n) is 8.96. The molecule has 0 spiro atoms. The van der Waals surface area contributed by atoms with Crippen molar-refractivity contribution in [1.82, 2.24) is 10.3 Å². The molecular weight excluding hydrogens is 408 g/mol. The Kier molecular flexibility index (Phi) is 6.42. The van der Waals surface area contributed by atoms with Gasteiger partial charge in [-0.3, -0.25) is 19.8 Å². The molecule has 30 heavy (non-hydrogen) atoms. The van der Waals surface area contributed by atoms with Gasteiger partial charge in [0.25, 0.3) is 0 Å². The number of anilines is 2. The number of hydrogen-bond donors (Lipinski definition) is 5. The number of rotatable bonds is 7. The van der Waals surface area contributed by atoms with Crippen LogP contribution in [0.3, 0.4) is 0 Å². The number of aromatic nitrogens is 1. The summed E-state index contributed by atoms with van der Waals surface area (Å²) < 4.78 is 0. The van der Waals surface area contributed by atoms with Crippen molar-refractivity contribution >= 4 is 51.5 Å². The van der Waals surface area contributed by atoms with E-state index in [1.54, 1.807) is 36.5 Å². The number of thiazole rings is 1. The van der Waals surface area contributed by atoms with Crippen LogP contribution in [0.15, 0.2) is 36.5 Å². The average molecular weight is 428 g/mol. The van der Waals surface area contributed by atoms with Gasteiger partial charge in [0.15, 0.2) is 11.1 Å². The molecule has 6 N–H and O–H groups in total. The third-order valence-electron chi connectivity index (χ3n) is 4.26. The molecule has 0 saturated carbocycles. The fourth-order valence-electron chi connectivity index (χ4n) is 3.00. The second-order valence-corrected chi connectivity index (χ2v) is 7.56. The van der Waals surface area contributed by atoms with Gasteiger partial charge in [-0.05, 0) is 11.6 Å². The fourth-order valence-corrected chi connectivity index (χ4v) is 3.76. The lowest BCUT2D eigenvalue weighted by molar-refractivity contribution is -0.135. The summed E-state index contributed by atoms with van der Waals surface area (Å²) in [7, 11) is 0. The highest BCUT2D eigenvalue weighted by Crippen LogP contribution is 2.32. The van der Waals surface area contributed by atoms with E-state index in [4.69, 9.17) is 16.2 Å². The van der Waals surface area contributed by atoms with Crippen molar-refractivity contribution in [3.05, 3.63) is 47.0 Å². The molecule has 1 aromatic heterocycles. The molecule has 0 aliphatic carbocycles. The number of benzene rings is 1. The Labute approximate surface area is 175 Å². The predicted molar refractivity (Wildman–Crippen MR) is 113 cm³/mol. The Hall–Kier alpha value is -3.73. The van der Waals surface area contributed by atoms with E-state index in [2.05, 4.69) is 15.6 Å². The number of hydrogen-bond acceptors (Lipinski definition) is 6. The van der Waals surface area contributed by atoms with E-state index in [1.807, 2.05) is 0 Å². The molecule has 156 valence electrons. The van der Waals surface area contributed by atoms with Gasteiger partial charge in [0, 0.05) is 23.1 Å². The van der Waals surface area contributed by atoms with E-state index in [0.29, 0.717) is 22.0 Å². The molecule has 10 nitrogen and oxygen atoms in total. The van der Waals surface area contributed by atoms with E-state index < -0.39 is 5.97 Å². The summed E-state index contributed by atoms with van der Waals surface area (Å²) in [6, 6.07) is 6.94. The van der Waals surface area contributed by atoms with Crippen molar-refractivity contribution in [1.29, 1.82) is 5.41 Å². The van der Waals surface area contributed by atoms with Crippen molar-refractivity contribution in [3.63, 3.8) is 0 Å². The van der Waals surface area contributed by atoms with Gasteiger partial charge in [-0.1, -0.05) is 35.6 Å². The van der Waals surface area contributed by atoms with E-state index in [9.17, 15) is 14.4 Å². The summed E-state index contributed by atoms with van der Waals surface area (Å²) >= 11 is 1.25. The lowest BCUT2D eigenvalue weighted by Crippen LogP contribution is -2.40. The molecule has 1 aliphatic rings. The molecule has 0 saturated heterocycles. The molecular formula is C19H20N6O4S. The Morgan fingerprint density at radius 2 is 2.10 bits per heavy atom. The van der Waals surface area contributed by atoms with Crippen LogP contribution in [0.25, 0.3) is 5.57 Å². The van der Waals surface area contributed by atoms with Crippen LogP contribution in [-0.2, 0) is 20.9 Å². The average Bonchev–Trinajstić information content (AvgIpc) is 3.09. The van der Waals surface area contributed by atoms with Crippen molar-refractivity contribution in [2.45, 2.75) is 19.4 Å². The fraction of sp³-hybridized carbons (Fsp3) is 0.211. The zero-order valence-electron chi connectivity index (χ0n) is 15.8. The highest BCUT2D eigenvalue weighted by Gasteiger charge is 2.25. The standard InChI is InChI=1S/C19H20N6O4S/c20-18(21)24-19-23-9-12(30-19)8-22-15(26)10-25-14-4-2-1-3-13(14)11(7-17(28)29)5-6-16(25)27/h1-5,9H,6-8,10H2,(H,22,26)(H,28,29)(H4,20,21,23,24). The predicted octanol–water partition coefficient (Wildman–Crippen LogP) is 1.36. The van der Waals surface area contributed by atoms with Crippen LogP contribution >= 0.6 is 11.3 Å². The molecule has 2 heterocycles. The van der Waals surface area contributed by atoms with Gasteiger partial charge in [-0.25, -0.2) is 4.98 Å². The van der Waals surface area contributed by atoms with E-state index >= 15 is 0 Å². The summed E-state index contributed by atoms with van der Waals surface area (Å²) in [5, 5.41) is 22.1. The zero-order chi connectivity index (χ0) is 21.7. The number of aliphatic carboxylic acids is 1. The molecule has 3 rings (SSSR count). The topological polar surface area (TPSA) is 162 Å². The molecule has 0 fully saturated rings. The molecule has 0 radical (unpaired) electrons. The smallest absolute Gasteiger partial charge is 0.307 e. The highest BCUT2D eigenvalue weighted by atomic mass is 32.1. The van der Waals surface area contributed by atoms with Crippen LogP contribution in [-0.4, -0.2) is 40.4 Å². The largest absolute Gasteiger partial charge is 0.481 e. The third kappa shape index (κ3) is 5.20. The first-order valence-corrected chi connectivity index (χ1v) is 9.78. The van der Waals surface area contributed by atoms with E-state index in [1.165, 1.54) is 16.2 Å². The maximum absolute atomic E-state index is 12.6. The minimum atomic E-state index is -0.988. The molecule has 11 heteroatoms. The van der Waals surface area contributed by atoms with Crippen LogP contribution in [0.4, 0.5) is 10.8 Å². The minimum Gasteiger partial charge on any atom is -0.481 e. The first kappa shape index (κ1) is 21.0. The van der Waals surface area contributed by atoms with Crippen LogP contribution in [0.2, 0.25) is 0 Å². The number of carboxylic acid groups (broad SMARTS) is 1. The van der Waals surface area contributed by atoms with Gasteiger partial charge in [-0.15, -0.1) is 0 Å².